The quantitative estimate of drug-likeness (QED) is 0.759. The minimum atomic E-state index is 0.203. The Morgan fingerprint density at radius 3 is 1.94 bits per heavy atom. The number of methoxy groups -OCH3 is 1. The summed E-state index contributed by atoms with van der Waals surface area (Å²) in [5.74, 6) is 0.784. The number of likely N-dealkylation sites (N-methyl/N-ethyl adjacent to an activating group) is 1. The van der Waals surface area contributed by atoms with Crippen molar-refractivity contribution in [2.24, 2.45) is 11.3 Å². The van der Waals surface area contributed by atoms with Gasteiger partial charge in [0.15, 0.2) is 0 Å². The molecule has 1 N–H and O–H groups in total. The van der Waals surface area contributed by atoms with Gasteiger partial charge in [0.25, 0.3) is 0 Å². The molecule has 1 fully saturated rings. The first-order chi connectivity index (χ1) is 8.00. The number of ether oxygens (including phenoxy) is 1. The maximum absolute atomic E-state index is 5.80. The molecular weight excluding hydrogens is 210 g/mol. The van der Waals surface area contributed by atoms with Crippen LogP contribution in [0.2, 0.25) is 0 Å². The molecule has 0 radical (unpaired) electrons. The molecule has 1 saturated carbocycles. The summed E-state index contributed by atoms with van der Waals surface area (Å²) in [6, 6.07) is 0.498. The van der Waals surface area contributed by atoms with E-state index in [1.54, 1.807) is 0 Å². The van der Waals surface area contributed by atoms with Crippen LogP contribution in [-0.2, 0) is 4.74 Å². The molecule has 0 aromatic heterocycles. The summed E-state index contributed by atoms with van der Waals surface area (Å²) >= 11 is 0. The third kappa shape index (κ3) is 4.26. The summed E-state index contributed by atoms with van der Waals surface area (Å²) in [5.41, 5.74) is 0.203. The second kappa shape index (κ2) is 6.75. The molecule has 0 heterocycles. The fraction of sp³-hybridized carbons (Fsp3) is 1.00. The minimum absolute atomic E-state index is 0.203. The summed E-state index contributed by atoms with van der Waals surface area (Å²) in [7, 11) is 3.95. The van der Waals surface area contributed by atoms with Gasteiger partial charge < -0.3 is 10.1 Å². The highest BCUT2D eigenvalue weighted by molar-refractivity contribution is 4.90. The molecule has 2 unspecified atom stereocenters. The van der Waals surface area contributed by atoms with E-state index < -0.39 is 0 Å². The molecule has 0 bridgehead atoms. The van der Waals surface area contributed by atoms with Crippen molar-refractivity contribution in [2.45, 2.75) is 71.4 Å². The van der Waals surface area contributed by atoms with Crippen LogP contribution in [0.4, 0.5) is 0 Å². The third-order valence-corrected chi connectivity index (χ3v) is 4.17. The maximum atomic E-state index is 5.80. The molecular formula is C15H31NO. The van der Waals surface area contributed by atoms with Gasteiger partial charge >= 0.3 is 0 Å². The van der Waals surface area contributed by atoms with Crippen LogP contribution in [0.25, 0.3) is 0 Å². The van der Waals surface area contributed by atoms with E-state index in [2.05, 4.69) is 33.1 Å². The Labute approximate surface area is 108 Å². The Kier molecular flexibility index (Phi) is 5.94. The SMILES string of the molecule is CNC(C1CCCCCC1)C(OC)C(C)(C)C. The zero-order valence-electron chi connectivity index (χ0n) is 12.4. The van der Waals surface area contributed by atoms with Crippen molar-refractivity contribution in [1.82, 2.24) is 5.32 Å². The smallest absolute Gasteiger partial charge is 0.0774 e. The lowest BCUT2D eigenvalue weighted by Gasteiger charge is -2.39. The van der Waals surface area contributed by atoms with E-state index >= 15 is 0 Å². The molecule has 0 saturated heterocycles. The molecule has 0 aromatic carbocycles. The first kappa shape index (κ1) is 15.0. The van der Waals surface area contributed by atoms with E-state index in [9.17, 15) is 0 Å². The Balaban J connectivity index is 2.73. The van der Waals surface area contributed by atoms with Gasteiger partial charge in [-0.3, -0.25) is 0 Å². The highest BCUT2D eigenvalue weighted by atomic mass is 16.5. The Morgan fingerprint density at radius 2 is 1.59 bits per heavy atom. The van der Waals surface area contributed by atoms with Crippen molar-refractivity contribution in [2.75, 3.05) is 14.2 Å². The van der Waals surface area contributed by atoms with Gasteiger partial charge in [-0.2, -0.15) is 0 Å². The van der Waals surface area contributed by atoms with Gasteiger partial charge in [0, 0.05) is 13.2 Å². The average Bonchev–Trinajstić information content (AvgIpc) is 2.52. The molecule has 0 aliphatic heterocycles. The Bertz CT molecular complexity index is 201. The van der Waals surface area contributed by atoms with Crippen LogP contribution in [-0.4, -0.2) is 26.3 Å². The van der Waals surface area contributed by atoms with Crippen LogP contribution in [0.3, 0.4) is 0 Å². The van der Waals surface area contributed by atoms with Gasteiger partial charge in [-0.15, -0.1) is 0 Å². The maximum Gasteiger partial charge on any atom is 0.0774 e. The molecule has 2 nitrogen and oxygen atoms in total. The van der Waals surface area contributed by atoms with Crippen molar-refractivity contribution in [3.8, 4) is 0 Å². The van der Waals surface area contributed by atoms with Crippen LogP contribution in [0.5, 0.6) is 0 Å². The highest BCUT2D eigenvalue weighted by Crippen LogP contribution is 2.33. The minimum Gasteiger partial charge on any atom is -0.379 e. The predicted octanol–water partition coefficient (Wildman–Crippen LogP) is 3.61. The first-order valence-electron chi connectivity index (χ1n) is 7.20. The van der Waals surface area contributed by atoms with Crippen LogP contribution in [0, 0.1) is 11.3 Å². The lowest BCUT2D eigenvalue weighted by molar-refractivity contribution is -0.0263. The van der Waals surface area contributed by atoms with Crippen molar-refractivity contribution < 1.29 is 4.74 Å². The lowest BCUT2D eigenvalue weighted by atomic mass is 9.77. The average molecular weight is 241 g/mol. The number of hydrogen-bond acceptors (Lipinski definition) is 2. The predicted molar refractivity (Wildman–Crippen MR) is 74.3 cm³/mol. The van der Waals surface area contributed by atoms with Gasteiger partial charge in [0.1, 0.15) is 0 Å². The number of nitrogens with one attached hydrogen (secondary N) is 1. The molecule has 17 heavy (non-hydrogen) atoms. The topological polar surface area (TPSA) is 21.3 Å². The number of rotatable bonds is 4. The van der Waals surface area contributed by atoms with Gasteiger partial charge in [-0.25, -0.2) is 0 Å². The molecule has 102 valence electrons. The second-order valence-corrected chi connectivity index (χ2v) is 6.59. The van der Waals surface area contributed by atoms with E-state index in [0.29, 0.717) is 12.1 Å². The molecule has 2 heteroatoms. The molecule has 1 rings (SSSR count). The van der Waals surface area contributed by atoms with Crippen LogP contribution in [0.1, 0.15) is 59.3 Å². The van der Waals surface area contributed by atoms with Gasteiger partial charge in [0.05, 0.1) is 6.10 Å². The van der Waals surface area contributed by atoms with Gasteiger partial charge in [-0.05, 0) is 31.2 Å². The van der Waals surface area contributed by atoms with Gasteiger partial charge in [-0.1, -0.05) is 46.5 Å². The van der Waals surface area contributed by atoms with Crippen LogP contribution >= 0.6 is 0 Å². The summed E-state index contributed by atoms with van der Waals surface area (Å²) in [6.45, 7) is 6.84. The van der Waals surface area contributed by atoms with Gasteiger partial charge in [0.2, 0.25) is 0 Å². The van der Waals surface area contributed by atoms with E-state index in [1.165, 1.54) is 38.5 Å². The van der Waals surface area contributed by atoms with Crippen molar-refractivity contribution >= 4 is 0 Å². The third-order valence-electron chi connectivity index (χ3n) is 4.17. The molecule has 1 aliphatic rings. The summed E-state index contributed by atoms with van der Waals surface area (Å²) < 4.78 is 5.80. The van der Waals surface area contributed by atoms with E-state index in [-0.39, 0.29) is 5.41 Å². The Hall–Kier alpha value is -0.0800. The van der Waals surface area contributed by atoms with E-state index in [0.717, 1.165) is 5.92 Å². The molecule has 0 aromatic rings. The van der Waals surface area contributed by atoms with E-state index in [4.69, 9.17) is 4.74 Å². The normalized spacial score (nSPS) is 23.1. The summed E-state index contributed by atoms with van der Waals surface area (Å²) in [4.78, 5) is 0. The molecule has 0 amide bonds. The lowest BCUT2D eigenvalue weighted by Crippen LogP contribution is -2.50. The van der Waals surface area contributed by atoms with Crippen molar-refractivity contribution in [3.63, 3.8) is 0 Å². The zero-order chi connectivity index (χ0) is 12.9. The number of hydrogen-bond donors (Lipinski definition) is 1. The molecule has 0 spiro atoms. The largest absolute Gasteiger partial charge is 0.379 e. The highest BCUT2D eigenvalue weighted by Gasteiger charge is 2.36. The summed E-state index contributed by atoms with van der Waals surface area (Å²) in [5, 5.41) is 3.53. The molecule has 2 atom stereocenters. The van der Waals surface area contributed by atoms with Crippen LogP contribution in [0.15, 0.2) is 0 Å². The Morgan fingerprint density at radius 1 is 1.06 bits per heavy atom. The monoisotopic (exact) mass is 241 g/mol. The molecule has 1 aliphatic carbocycles. The van der Waals surface area contributed by atoms with Crippen molar-refractivity contribution in [3.05, 3.63) is 0 Å². The van der Waals surface area contributed by atoms with Crippen LogP contribution < -0.4 is 5.32 Å². The standard InChI is InChI=1S/C15H31NO/c1-15(2,3)14(17-5)13(16-4)12-10-8-6-7-9-11-12/h12-14,16H,6-11H2,1-5H3. The fourth-order valence-electron chi connectivity index (χ4n) is 3.34. The van der Waals surface area contributed by atoms with E-state index in [1.807, 2.05) is 7.11 Å². The zero-order valence-corrected chi connectivity index (χ0v) is 12.4. The fourth-order valence-corrected chi connectivity index (χ4v) is 3.34. The first-order valence-corrected chi connectivity index (χ1v) is 7.20. The summed E-state index contributed by atoms with van der Waals surface area (Å²) in [6.07, 6.45) is 8.64. The second-order valence-electron chi connectivity index (χ2n) is 6.59. The van der Waals surface area contributed by atoms with Crippen molar-refractivity contribution in [1.29, 1.82) is 0 Å².